The van der Waals surface area contributed by atoms with E-state index in [2.05, 4.69) is 5.32 Å². The Morgan fingerprint density at radius 1 is 0.897 bits per heavy atom. The first kappa shape index (κ1) is 20.0. The normalized spacial score (nSPS) is 10.3. The highest BCUT2D eigenvalue weighted by Crippen LogP contribution is 2.29. The van der Waals surface area contributed by atoms with Gasteiger partial charge < -0.3 is 24.1 Å². The van der Waals surface area contributed by atoms with Gasteiger partial charge in [0, 0.05) is 18.3 Å². The van der Waals surface area contributed by atoms with Crippen molar-refractivity contribution in [3.8, 4) is 17.2 Å². The molecule has 0 unspecified atom stereocenters. The fourth-order valence-corrected chi connectivity index (χ4v) is 2.81. The number of ether oxygens (including phenoxy) is 3. The van der Waals surface area contributed by atoms with E-state index in [-0.39, 0.29) is 11.5 Å². The van der Waals surface area contributed by atoms with Crippen molar-refractivity contribution in [1.29, 1.82) is 0 Å². The van der Waals surface area contributed by atoms with Crippen LogP contribution < -0.4 is 25.1 Å². The van der Waals surface area contributed by atoms with Crippen molar-refractivity contribution >= 4 is 11.6 Å². The van der Waals surface area contributed by atoms with Crippen molar-refractivity contribution in [2.24, 2.45) is 0 Å². The number of nitrogens with one attached hydrogen (secondary N) is 1. The quantitative estimate of drug-likeness (QED) is 0.666. The maximum Gasteiger partial charge on any atom is 0.257 e. The van der Waals surface area contributed by atoms with E-state index in [0.29, 0.717) is 29.3 Å². The van der Waals surface area contributed by atoms with Gasteiger partial charge >= 0.3 is 0 Å². The minimum atomic E-state index is -0.350. The summed E-state index contributed by atoms with van der Waals surface area (Å²) in [6.07, 6.45) is 1.54. The molecule has 0 saturated carbocycles. The highest BCUT2D eigenvalue weighted by atomic mass is 16.5. The average molecular weight is 394 g/mol. The molecule has 2 aromatic carbocycles. The van der Waals surface area contributed by atoms with Crippen molar-refractivity contribution in [2.75, 3.05) is 26.6 Å². The summed E-state index contributed by atoms with van der Waals surface area (Å²) in [5, 5.41) is 2.80. The Kier molecular flexibility index (Phi) is 6.19. The number of pyridine rings is 1. The second-order valence-electron chi connectivity index (χ2n) is 6.25. The van der Waals surface area contributed by atoms with Gasteiger partial charge in [0.1, 0.15) is 17.2 Å². The van der Waals surface area contributed by atoms with Gasteiger partial charge in [0.25, 0.3) is 11.5 Å². The molecule has 0 bridgehead atoms. The van der Waals surface area contributed by atoms with Crippen molar-refractivity contribution in [3.63, 3.8) is 0 Å². The van der Waals surface area contributed by atoms with E-state index in [4.69, 9.17) is 14.2 Å². The van der Waals surface area contributed by atoms with Crippen molar-refractivity contribution < 1.29 is 19.0 Å². The molecule has 1 aromatic heterocycles. The summed E-state index contributed by atoms with van der Waals surface area (Å²) < 4.78 is 17.1. The van der Waals surface area contributed by atoms with E-state index in [1.807, 2.05) is 24.3 Å². The molecular weight excluding hydrogens is 372 g/mol. The number of amides is 1. The molecule has 29 heavy (non-hydrogen) atoms. The average Bonchev–Trinajstić information content (AvgIpc) is 2.76. The number of methoxy groups -OCH3 is 3. The molecule has 7 nitrogen and oxygen atoms in total. The number of benzene rings is 2. The van der Waals surface area contributed by atoms with Crippen LogP contribution in [0.1, 0.15) is 15.9 Å². The Labute approximate surface area is 168 Å². The Morgan fingerprint density at radius 2 is 1.59 bits per heavy atom. The lowest BCUT2D eigenvalue weighted by Crippen LogP contribution is -2.22. The lowest BCUT2D eigenvalue weighted by molar-refractivity contribution is 0.102. The van der Waals surface area contributed by atoms with E-state index in [1.165, 1.54) is 30.0 Å². The van der Waals surface area contributed by atoms with Crippen LogP contribution in [0.4, 0.5) is 5.69 Å². The Hall–Kier alpha value is -3.74. The first-order chi connectivity index (χ1) is 14.0. The molecule has 1 N–H and O–H groups in total. The van der Waals surface area contributed by atoms with Crippen molar-refractivity contribution in [3.05, 3.63) is 82.3 Å². The van der Waals surface area contributed by atoms with Gasteiger partial charge in [0.05, 0.1) is 39.1 Å². The van der Waals surface area contributed by atoms with Crippen molar-refractivity contribution in [1.82, 2.24) is 4.57 Å². The lowest BCUT2D eigenvalue weighted by Gasteiger charge is -2.13. The third kappa shape index (κ3) is 4.76. The van der Waals surface area contributed by atoms with Crippen LogP contribution in [0.5, 0.6) is 17.2 Å². The highest BCUT2D eigenvalue weighted by Gasteiger charge is 2.12. The molecule has 0 radical (unpaired) electrons. The minimum Gasteiger partial charge on any atom is -0.497 e. The number of hydrogen-bond donors (Lipinski definition) is 1. The predicted molar refractivity (Wildman–Crippen MR) is 110 cm³/mol. The summed E-state index contributed by atoms with van der Waals surface area (Å²) in [6, 6.07) is 15.4. The van der Waals surface area contributed by atoms with Gasteiger partial charge in [-0.25, -0.2) is 0 Å². The molecule has 150 valence electrons. The number of carbonyl (C=O) groups excluding carboxylic acids is 1. The van der Waals surface area contributed by atoms with Gasteiger partial charge in [-0.1, -0.05) is 12.1 Å². The fraction of sp³-hybridized carbons (Fsp3) is 0.182. The molecule has 0 spiro atoms. The van der Waals surface area contributed by atoms with E-state index >= 15 is 0 Å². The first-order valence-corrected chi connectivity index (χ1v) is 8.91. The maximum absolute atomic E-state index is 12.7. The van der Waals surface area contributed by atoms with Crippen molar-refractivity contribution in [2.45, 2.75) is 6.54 Å². The summed E-state index contributed by atoms with van der Waals surface area (Å²) in [6.45, 7) is 0.343. The molecule has 0 aliphatic rings. The van der Waals surface area contributed by atoms with E-state index in [9.17, 15) is 9.59 Å². The molecular formula is C22H22N2O5. The van der Waals surface area contributed by atoms with E-state index in [0.717, 1.165) is 11.3 Å². The van der Waals surface area contributed by atoms with Crippen LogP contribution in [-0.2, 0) is 6.54 Å². The second-order valence-corrected chi connectivity index (χ2v) is 6.25. The molecule has 0 atom stereocenters. The number of rotatable bonds is 7. The molecule has 3 aromatic rings. The molecule has 0 saturated heterocycles. The van der Waals surface area contributed by atoms with E-state index in [1.54, 1.807) is 32.4 Å². The van der Waals surface area contributed by atoms with Crippen LogP contribution in [0.15, 0.2) is 65.6 Å². The standard InChI is InChI=1S/C22H22N2O5/c1-27-17-7-4-15(5-8-17)13-24-14-16(6-11-21(24)25)22(26)23-19-10-9-18(28-2)12-20(19)29-3/h4-12,14H,13H2,1-3H3,(H,23,26). The number of anilines is 1. The van der Waals surface area contributed by atoms with Gasteiger partial charge in [0.15, 0.2) is 0 Å². The third-order valence-corrected chi connectivity index (χ3v) is 4.41. The molecule has 1 heterocycles. The molecule has 1 amide bonds. The number of hydrogen-bond acceptors (Lipinski definition) is 5. The smallest absolute Gasteiger partial charge is 0.257 e. The third-order valence-electron chi connectivity index (χ3n) is 4.41. The highest BCUT2D eigenvalue weighted by molar-refractivity contribution is 6.04. The number of carbonyl (C=O) groups is 1. The van der Waals surface area contributed by atoms with Crippen LogP contribution in [0.25, 0.3) is 0 Å². The summed E-state index contributed by atoms with van der Waals surface area (Å²) in [4.78, 5) is 24.9. The summed E-state index contributed by atoms with van der Waals surface area (Å²) in [7, 11) is 4.66. The van der Waals surface area contributed by atoms with Crippen LogP contribution in [0.3, 0.4) is 0 Å². The number of nitrogens with zero attached hydrogens (tertiary/aromatic N) is 1. The zero-order chi connectivity index (χ0) is 20.8. The largest absolute Gasteiger partial charge is 0.497 e. The molecule has 3 rings (SSSR count). The predicted octanol–water partition coefficient (Wildman–Crippen LogP) is 3.17. The van der Waals surface area contributed by atoms with Gasteiger partial charge in [-0.15, -0.1) is 0 Å². The monoisotopic (exact) mass is 394 g/mol. The van der Waals surface area contributed by atoms with Gasteiger partial charge in [-0.05, 0) is 35.9 Å². The summed E-state index contributed by atoms with van der Waals surface area (Å²) in [5.41, 5.74) is 1.59. The summed E-state index contributed by atoms with van der Waals surface area (Å²) >= 11 is 0. The SMILES string of the molecule is COc1ccc(Cn2cc(C(=O)Nc3ccc(OC)cc3OC)ccc2=O)cc1. The van der Waals surface area contributed by atoms with Crippen LogP contribution in [0.2, 0.25) is 0 Å². The van der Waals surface area contributed by atoms with Gasteiger partial charge in [-0.2, -0.15) is 0 Å². The maximum atomic E-state index is 12.7. The molecule has 7 heteroatoms. The van der Waals surface area contributed by atoms with E-state index < -0.39 is 0 Å². The molecule has 0 aliphatic heterocycles. The van der Waals surface area contributed by atoms with Gasteiger partial charge in [0.2, 0.25) is 0 Å². The molecule has 0 aliphatic carbocycles. The minimum absolute atomic E-state index is 0.195. The van der Waals surface area contributed by atoms with Gasteiger partial charge in [-0.3, -0.25) is 9.59 Å². The van der Waals surface area contributed by atoms with Crippen LogP contribution in [0, 0.1) is 0 Å². The lowest BCUT2D eigenvalue weighted by atomic mass is 10.2. The Balaban J connectivity index is 1.81. The van der Waals surface area contributed by atoms with Crippen LogP contribution in [-0.4, -0.2) is 31.8 Å². The number of aromatic nitrogens is 1. The Bertz CT molecular complexity index is 1060. The topological polar surface area (TPSA) is 78.8 Å². The fourth-order valence-electron chi connectivity index (χ4n) is 2.81. The van der Waals surface area contributed by atoms with Crippen LogP contribution >= 0.6 is 0 Å². The Morgan fingerprint density at radius 3 is 2.24 bits per heavy atom. The first-order valence-electron chi connectivity index (χ1n) is 8.91. The molecule has 0 fully saturated rings. The summed E-state index contributed by atoms with van der Waals surface area (Å²) in [5.74, 6) is 1.48. The zero-order valence-electron chi connectivity index (χ0n) is 16.5. The second kappa shape index (κ2) is 8.97. The zero-order valence-corrected chi connectivity index (χ0v) is 16.5.